The summed E-state index contributed by atoms with van der Waals surface area (Å²) in [6.45, 7) is 12.6. The first-order valence-electron chi connectivity index (χ1n) is 7.47. The van der Waals surface area contributed by atoms with Gasteiger partial charge in [0.15, 0.2) is 5.75 Å². The standard InChI is InChI=1S/C18H18FN3O3/c1-5-14-15(6-2)21-22(20-14)16-11-13(7-8-17(16)25-19)9-10-24-18(23)12(3)4/h5-8,11H,1-3,9-10H2,4H3. The maximum atomic E-state index is 12.8. The van der Waals surface area contributed by atoms with E-state index in [1.807, 2.05) is 0 Å². The maximum Gasteiger partial charge on any atom is 0.333 e. The lowest BCUT2D eigenvalue weighted by atomic mass is 10.1. The van der Waals surface area contributed by atoms with Crippen LogP contribution in [0.2, 0.25) is 0 Å². The molecule has 0 spiro atoms. The van der Waals surface area contributed by atoms with Gasteiger partial charge in [0.05, 0.1) is 6.61 Å². The number of nitrogens with zero attached hydrogens (tertiary/aromatic N) is 3. The molecule has 0 aliphatic carbocycles. The van der Waals surface area contributed by atoms with E-state index in [9.17, 15) is 9.32 Å². The van der Waals surface area contributed by atoms with Crippen molar-refractivity contribution in [2.24, 2.45) is 0 Å². The normalized spacial score (nSPS) is 10.2. The van der Waals surface area contributed by atoms with Crippen LogP contribution in [0, 0.1) is 0 Å². The van der Waals surface area contributed by atoms with Gasteiger partial charge in [-0.15, -0.1) is 15.0 Å². The van der Waals surface area contributed by atoms with Gasteiger partial charge in [0, 0.05) is 16.5 Å². The first kappa shape index (κ1) is 18.1. The zero-order valence-corrected chi connectivity index (χ0v) is 13.9. The predicted molar refractivity (Wildman–Crippen MR) is 92.8 cm³/mol. The molecule has 7 heteroatoms. The summed E-state index contributed by atoms with van der Waals surface area (Å²) in [6, 6.07) is 4.78. The van der Waals surface area contributed by atoms with E-state index in [4.69, 9.17) is 4.74 Å². The highest BCUT2D eigenvalue weighted by Crippen LogP contribution is 2.25. The summed E-state index contributed by atoms with van der Waals surface area (Å²) >= 11 is 0. The van der Waals surface area contributed by atoms with Crippen LogP contribution in [0.3, 0.4) is 0 Å². The van der Waals surface area contributed by atoms with Crippen LogP contribution in [-0.4, -0.2) is 27.6 Å². The SMILES string of the molecule is C=Cc1nn(-c2cc(CCOC(=O)C(=C)C)ccc2OF)nc1C=C. The van der Waals surface area contributed by atoms with Gasteiger partial charge in [-0.2, -0.15) is 0 Å². The molecule has 0 atom stereocenters. The molecule has 25 heavy (non-hydrogen) atoms. The number of hydrogen-bond donors (Lipinski definition) is 0. The van der Waals surface area contributed by atoms with Gasteiger partial charge in [-0.3, -0.25) is 4.94 Å². The Morgan fingerprint density at radius 1 is 1.28 bits per heavy atom. The van der Waals surface area contributed by atoms with Crippen molar-refractivity contribution in [1.82, 2.24) is 15.0 Å². The number of carbonyl (C=O) groups is 1. The number of ether oxygens (including phenoxy) is 1. The summed E-state index contributed by atoms with van der Waals surface area (Å²) in [5.41, 5.74) is 2.46. The number of hydrogen-bond acceptors (Lipinski definition) is 5. The monoisotopic (exact) mass is 343 g/mol. The highest BCUT2D eigenvalue weighted by atomic mass is 19.3. The van der Waals surface area contributed by atoms with Gasteiger partial charge >= 0.3 is 5.97 Å². The molecule has 2 aromatic rings. The van der Waals surface area contributed by atoms with Crippen molar-refractivity contribution in [2.75, 3.05) is 6.61 Å². The highest BCUT2D eigenvalue weighted by molar-refractivity contribution is 5.86. The van der Waals surface area contributed by atoms with Gasteiger partial charge in [0.2, 0.25) is 0 Å². The molecule has 0 amide bonds. The lowest BCUT2D eigenvalue weighted by Crippen LogP contribution is -2.08. The molecular weight excluding hydrogens is 325 g/mol. The Kier molecular flexibility index (Phi) is 5.84. The summed E-state index contributed by atoms with van der Waals surface area (Å²) in [4.78, 5) is 16.5. The number of halogens is 1. The Bertz CT molecular complexity index is 801. The number of benzene rings is 1. The fraction of sp³-hybridized carbons (Fsp3) is 0.167. The third-order valence-electron chi connectivity index (χ3n) is 3.35. The van der Waals surface area contributed by atoms with Crippen molar-refractivity contribution in [3.63, 3.8) is 0 Å². The molecule has 0 aliphatic heterocycles. The largest absolute Gasteiger partial charge is 0.462 e. The number of aromatic nitrogens is 3. The minimum Gasteiger partial charge on any atom is -0.462 e. The van der Waals surface area contributed by atoms with Crippen LogP contribution < -0.4 is 4.94 Å². The molecule has 0 saturated heterocycles. The van der Waals surface area contributed by atoms with E-state index in [-0.39, 0.29) is 12.4 Å². The van der Waals surface area contributed by atoms with Crippen LogP contribution >= 0.6 is 0 Å². The quantitative estimate of drug-likeness (QED) is 0.542. The first-order chi connectivity index (χ1) is 12.0. The highest BCUT2D eigenvalue weighted by Gasteiger charge is 2.14. The van der Waals surface area contributed by atoms with Gasteiger partial charge in [-0.1, -0.05) is 25.8 Å². The van der Waals surface area contributed by atoms with Gasteiger partial charge < -0.3 is 4.74 Å². The van der Waals surface area contributed by atoms with Crippen LogP contribution in [0.25, 0.3) is 17.8 Å². The lowest BCUT2D eigenvalue weighted by Gasteiger charge is -2.08. The summed E-state index contributed by atoms with van der Waals surface area (Å²) < 4.78 is 17.9. The average Bonchev–Trinajstić information content (AvgIpc) is 3.04. The number of esters is 1. The van der Waals surface area contributed by atoms with Crippen molar-refractivity contribution >= 4 is 18.1 Å². The topological polar surface area (TPSA) is 66.2 Å². The molecule has 0 radical (unpaired) electrons. The van der Waals surface area contributed by atoms with Crippen molar-refractivity contribution in [1.29, 1.82) is 0 Å². The molecule has 1 heterocycles. The van der Waals surface area contributed by atoms with Gasteiger partial charge in [0.1, 0.15) is 17.1 Å². The van der Waals surface area contributed by atoms with E-state index in [1.165, 1.54) is 23.0 Å². The maximum absolute atomic E-state index is 12.8. The van der Waals surface area contributed by atoms with Crippen LogP contribution in [0.15, 0.2) is 43.5 Å². The molecule has 0 aliphatic rings. The van der Waals surface area contributed by atoms with Gasteiger partial charge in [-0.25, -0.2) is 4.79 Å². The van der Waals surface area contributed by atoms with Crippen LogP contribution in [0.1, 0.15) is 23.9 Å². The zero-order valence-electron chi connectivity index (χ0n) is 13.9. The third kappa shape index (κ3) is 4.20. The molecule has 0 saturated carbocycles. The second-order valence-corrected chi connectivity index (χ2v) is 5.21. The summed E-state index contributed by atoms with van der Waals surface area (Å²) in [5.74, 6) is -0.493. The third-order valence-corrected chi connectivity index (χ3v) is 3.35. The van der Waals surface area contributed by atoms with E-state index in [0.717, 1.165) is 5.56 Å². The minimum atomic E-state index is -0.455. The fourth-order valence-corrected chi connectivity index (χ4v) is 2.05. The Morgan fingerprint density at radius 2 is 1.92 bits per heavy atom. The van der Waals surface area contributed by atoms with Gasteiger partial charge in [-0.05, 0) is 36.8 Å². The van der Waals surface area contributed by atoms with Gasteiger partial charge in [0.25, 0.3) is 0 Å². The molecule has 0 N–H and O–H groups in total. The molecular formula is C18H18FN3O3. The minimum absolute atomic E-state index is 0.0381. The molecule has 1 aromatic heterocycles. The zero-order chi connectivity index (χ0) is 18.4. The van der Waals surface area contributed by atoms with E-state index >= 15 is 0 Å². The van der Waals surface area contributed by atoms with E-state index < -0.39 is 5.97 Å². The molecule has 6 nitrogen and oxygen atoms in total. The molecule has 0 bridgehead atoms. The molecule has 0 fully saturated rings. The average molecular weight is 343 g/mol. The Hall–Kier alpha value is -3.22. The molecule has 2 rings (SSSR count). The van der Waals surface area contributed by atoms with Crippen molar-refractivity contribution < 1.29 is 19.0 Å². The van der Waals surface area contributed by atoms with Crippen LogP contribution in [0.4, 0.5) is 4.53 Å². The second-order valence-electron chi connectivity index (χ2n) is 5.21. The molecule has 130 valence electrons. The second kappa shape index (κ2) is 8.05. The number of carbonyl (C=O) groups excluding carboxylic acids is 1. The van der Waals surface area contributed by atoms with Crippen LogP contribution in [0.5, 0.6) is 5.75 Å². The molecule has 1 aromatic carbocycles. The van der Waals surface area contributed by atoms with E-state index in [0.29, 0.717) is 29.1 Å². The van der Waals surface area contributed by atoms with E-state index in [1.54, 1.807) is 19.1 Å². The summed E-state index contributed by atoms with van der Waals surface area (Å²) in [7, 11) is 0. The fourth-order valence-electron chi connectivity index (χ4n) is 2.05. The first-order valence-corrected chi connectivity index (χ1v) is 7.47. The van der Waals surface area contributed by atoms with Crippen molar-refractivity contribution in [3.8, 4) is 11.4 Å². The Labute approximate surface area is 144 Å². The van der Waals surface area contributed by atoms with Crippen molar-refractivity contribution in [2.45, 2.75) is 13.3 Å². The summed E-state index contributed by atoms with van der Waals surface area (Å²) in [5, 5.41) is 8.45. The van der Waals surface area contributed by atoms with Crippen LogP contribution in [-0.2, 0) is 16.0 Å². The Morgan fingerprint density at radius 3 is 2.44 bits per heavy atom. The predicted octanol–water partition coefficient (Wildman–Crippen LogP) is 3.48. The van der Waals surface area contributed by atoms with E-state index in [2.05, 4.69) is 34.9 Å². The molecule has 0 unspecified atom stereocenters. The Balaban J connectivity index is 2.26. The van der Waals surface area contributed by atoms with Crippen molar-refractivity contribution in [3.05, 3.63) is 60.5 Å². The smallest absolute Gasteiger partial charge is 0.333 e. The lowest BCUT2D eigenvalue weighted by molar-refractivity contribution is -0.138. The number of rotatable bonds is 8. The summed E-state index contributed by atoms with van der Waals surface area (Å²) in [6.07, 6.45) is 3.48.